The van der Waals surface area contributed by atoms with Crippen LogP contribution in [0.5, 0.6) is 0 Å². The number of ketones is 1. The van der Waals surface area contributed by atoms with Crippen LogP contribution in [-0.4, -0.2) is 5.78 Å². The van der Waals surface area contributed by atoms with Crippen LogP contribution in [0.25, 0.3) is 0 Å². The molecule has 0 N–H and O–H groups in total. The first-order chi connectivity index (χ1) is 9.15. The van der Waals surface area contributed by atoms with Crippen LogP contribution in [0.1, 0.15) is 10.4 Å². The van der Waals surface area contributed by atoms with E-state index in [-0.39, 0.29) is 5.78 Å². The van der Waals surface area contributed by atoms with E-state index in [1.807, 2.05) is 24.3 Å². The minimum atomic E-state index is -0.0266. The van der Waals surface area contributed by atoms with Gasteiger partial charge in [-0.15, -0.1) is 0 Å². The topological polar surface area (TPSA) is 17.1 Å². The fourth-order valence-electron chi connectivity index (χ4n) is 1.40. The summed E-state index contributed by atoms with van der Waals surface area (Å²) in [6, 6.07) is 14.8. The maximum atomic E-state index is 11.8. The van der Waals surface area contributed by atoms with Gasteiger partial charge in [-0.25, -0.2) is 0 Å². The van der Waals surface area contributed by atoms with Gasteiger partial charge in [0.05, 0.1) is 0 Å². The third kappa shape index (κ3) is 4.53. The molecular weight excluding hydrogens is 344 g/mol. The van der Waals surface area contributed by atoms with Gasteiger partial charge in [0.2, 0.25) is 0 Å². The predicted octanol–water partition coefficient (Wildman–Crippen LogP) is 5.59. The van der Waals surface area contributed by atoms with Crippen molar-refractivity contribution in [1.82, 2.24) is 0 Å². The molecule has 0 spiro atoms. The fourth-order valence-corrected chi connectivity index (χ4v) is 2.43. The Labute approximate surface area is 129 Å². The van der Waals surface area contributed by atoms with Gasteiger partial charge in [-0.3, -0.25) is 4.79 Å². The zero-order chi connectivity index (χ0) is 13.7. The molecule has 2 aromatic carbocycles. The Bertz CT molecular complexity index is 591. The second-order valence-corrected chi connectivity index (χ2v) is 6.08. The minimum Gasteiger partial charge on any atom is -0.289 e. The molecule has 2 aromatic rings. The number of hydrogen-bond donors (Lipinski definition) is 0. The van der Waals surface area contributed by atoms with Crippen molar-refractivity contribution in [2.24, 2.45) is 0 Å². The molecule has 4 heteroatoms. The zero-order valence-corrected chi connectivity index (χ0v) is 13.0. The highest BCUT2D eigenvalue weighted by Crippen LogP contribution is 2.21. The van der Waals surface area contributed by atoms with Gasteiger partial charge in [0.25, 0.3) is 0 Å². The third-order valence-corrected chi connectivity index (χ3v) is 3.96. The number of allylic oxidation sites excluding steroid dienone is 1. The molecule has 0 unspecified atom stereocenters. The van der Waals surface area contributed by atoms with Crippen molar-refractivity contribution < 1.29 is 4.79 Å². The van der Waals surface area contributed by atoms with E-state index in [1.165, 1.54) is 11.8 Å². The van der Waals surface area contributed by atoms with E-state index in [4.69, 9.17) is 11.6 Å². The summed E-state index contributed by atoms with van der Waals surface area (Å²) in [6.07, 6.45) is 1.57. The van der Waals surface area contributed by atoms with Crippen LogP contribution < -0.4 is 0 Å². The number of carbonyl (C=O) groups is 1. The van der Waals surface area contributed by atoms with E-state index < -0.39 is 0 Å². The van der Waals surface area contributed by atoms with Gasteiger partial charge >= 0.3 is 0 Å². The van der Waals surface area contributed by atoms with E-state index in [1.54, 1.807) is 35.7 Å². The number of benzene rings is 2. The van der Waals surface area contributed by atoms with Crippen molar-refractivity contribution in [3.8, 4) is 0 Å². The maximum Gasteiger partial charge on any atom is 0.186 e. The maximum absolute atomic E-state index is 11.8. The summed E-state index contributed by atoms with van der Waals surface area (Å²) < 4.78 is 1.04. The van der Waals surface area contributed by atoms with Crippen LogP contribution in [0.3, 0.4) is 0 Å². The Morgan fingerprint density at radius 1 is 1.05 bits per heavy atom. The summed E-state index contributed by atoms with van der Waals surface area (Å²) >= 11 is 10.7. The number of halogens is 2. The van der Waals surface area contributed by atoms with Crippen molar-refractivity contribution in [3.63, 3.8) is 0 Å². The highest BCUT2D eigenvalue weighted by Gasteiger charge is 2.00. The summed E-state index contributed by atoms with van der Waals surface area (Å²) in [7, 11) is 0. The number of carbonyl (C=O) groups excluding carboxylic acids is 1. The standard InChI is InChI=1S/C15H10BrClOS/c16-12-3-7-14(8-4-12)19-10-9-15(18)11-1-5-13(17)6-2-11/h1-10H/b10-9+. The summed E-state index contributed by atoms with van der Waals surface area (Å²) in [6.45, 7) is 0. The molecule has 1 nitrogen and oxygen atoms in total. The highest BCUT2D eigenvalue weighted by molar-refractivity contribution is 9.10. The molecule has 0 amide bonds. The monoisotopic (exact) mass is 352 g/mol. The molecule has 96 valence electrons. The number of thioether (sulfide) groups is 1. The van der Waals surface area contributed by atoms with Crippen LogP contribution in [0.15, 0.2) is 69.4 Å². The van der Waals surface area contributed by atoms with E-state index in [9.17, 15) is 4.79 Å². The molecule has 0 heterocycles. The molecule has 0 aliphatic carbocycles. The lowest BCUT2D eigenvalue weighted by Crippen LogP contribution is -1.92. The summed E-state index contributed by atoms with van der Waals surface area (Å²) in [5, 5.41) is 2.42. The smallest absolute Gasteiger partial charge is 0.186 e. The predicted molar refractivity (Wildman–Crippen MR) is 84.9 cm³/mol. The quantitative estimate of drug-likeness (QED) is 0.405. The fraction of sp³-hybridized carbons (Fsp3) is 0. The SMILES string of the molecule is O=C(/C=C/Sc1ccc(Br)cc1)c1ccc(Cl)cc1. The van der Waals surface area contributed by atoms with E-state index in [0.29, 0.717) is 10.6 Å². The van der Waals surface area contributed by atoms with Crippen LogP contribution in [0, 0.1) is 0 Å². The van der Waals surface area contributed by atoms with Gasteiger partial charge < -0.3 is 0 Å². The molecule has 0 aliphatic heterocycles. The van der Waals surface area contributed by atoms with Gasteiger partial charge in [0.1, 0.15) is 0 Å². The van der Waals surface area contributed by atoms with Crippen LogP contribution in [0.2, 0.25) is 5.02 Å². The molecule has 0 bridgehead atoms. The first-order valence-electron chi connectivity index (χ1n) is 5.54. The van der Waals surface area contributed by atoms with Crippen LogP contribution >= 0.6 is 39.3 Å². The average molecular weight is 354 g/mol. The van der Waals surface area contributed by atoms with Crippen LogP contribution in [0.4, 0.5) is 0 Å². The normalized spacial score (nSPS) is 10.8. The molecule has 0 fully saturated rings. The molecule has 0 saturated carbocycles. The Balaban J connectivity index is 1.97. The first kappa shape index (κ1) is 14.4. The summed E-state index contributed by atoms with van der Waals surface area (Å²) in [5.74, 6) is -0.0266. The molecule has 2 rings (SSSR count). The molecule has 0 saturated heterocycles. The van der Waals surface area contributed by atoms with E-state index >= 15 is 0 Å². The van der Waals surface area contributed by atoms with E-state index in [0.717, 1.165) is 9.37 Å². The Morgan fingerprint density at radius 2 is 1.68 bits per heavy atom. The molecule has 0 aromatic heterocycles. The first-order valence-corrected chi connectivity index (χ1v) is 7.59. The van der Waals surface area contributed by atoms with Gasteiger partial charge in [0, 0.05) is 20.0 Å². The number of hydrogen-bond acceptors (Lipinski definition) is 2. The average Bonchev–Trinajstić information content (AvgIpc) is 2.41. The van der Waals surface area contributed by atoms with Gasteiger partial charge in [-0.2, -0.15) is 0 Å². The lowest BCUT2D eigenvalue weighted by Gasteiger charge is -1.97. The molecular formula is C15H10BrClOS. The van der Waals surface area contributed by atoms with Crippen molar-refractivity contribution >= 4 is 45.1 Å². The largest absolute Gasteiger partial charge is 0.289 e. The summed E-state index contributed by atoms with van der Waals surface area (Å²) in [4.78, 5) is 12.9. The van der Waals surface area contributed by atoms with Crippen molar-refractivity contribution in [3.05, 3.63) is 75.1 Å². The lowest BCUT2D eigenvalue weighted by atomic mass is 10.1. The Kier molecular flexibility index (Phi) is 5.25. The second-order valence-electron chi connectivity index (χ2n) is 3.75. The highest BCUT2D eigenvalue weighted by atomic mass is 79.9. The Morgan fingerprint density at radius 3 is 2.32 bits per heavy atom. The lowest BCUT2D eigenvalue weighted by molar-refractivity contribution is 0.104. The second kappa shape index (κ2) is 6.94. The Hall–Kier alpha value is -1.03. The van der Waals surface area contributed by atoms with Crippen molar-refractivity contribution in [2.45, 2.75) is 4.90 Å². The molecule has 0 radical (unpaired) electrons. The number of rotatable bonds is 4. The van der Waals surface area contributed by atoms with Gasteiger partial charge in [-0.05, 0) is 60.0 Å². The van der Waals surface area contributed by atoms with Crippen molar-refractivity contribution in [1.29, 1.82) is 0 Å². The third-order valence-electron chi connectivity index (χ3n) is 2.37. The van der Waals surface area contributed by atoms with Crippen LogP contribution in [-0.2, 0) is 0 Å². The minimum absolute atomic E-state index is 0.0266. The zero-order valence-electron chi connectivity index (χ0n) is 9.85. The van der Waals surface area contributed by atoms with Crippen molar-refractivity contribution in [2.75, 3.05) is 0 Å². The molecule has 0 aliphatic rings. The van der Waals surface area contributed by atoms with E-state index in [2.05, 4.69) is 15.9 Å². The van der Waals surface area contributed by atoms with Gasteiger partial charge in [-0.1, -0.05) is 39.3 Å². The molecule has 19 heavy (non-hydrogen) atoms. The summed E-state index contributed by atoms with van der Waals surface area (Å²) in [5.41, 5.74) is 0.636. The molecule has 0 atom stereocenters. The van der Waals surface area contributed by atoms with Gasteiger partial charge in [0.15, 0.2) is 5.78 Å².